The maximum atomic E-state index is 9.05. The molecule has 1 aliphatic rings. The maximum Gasteiger partial charge on any atom is 0.0681 e. The molecule has 0 saturated carbocycles. The van der Waals surface area contributed by atoms with Crippen molar-refractivity contribution < 1.29 is 5.11 Å². The molecule has 2 nitrogen and oxygen atoms in total. The van der Waals surface area contributed by atoms with E-state index in [0.29, 0.717) is 0 Å². The standard InChI is InChI=1S/C12H17NO/c1-13-6-4-11-3-2-10(9-14)8-12(11)5-7-13/h2-3,8,14H,4-7,9H2,1H3. The fourth-order valence-corrected chi connectivity index (χ4v) is 1.99. The molecule has 0 fully saturated rings. The van der Waals surface area contributed by atoms with Crippen molar-refractivity contribution in [3.8, 4) is 0 Å². The van der Waals surface area contributed by atoms with E-state index in [1.807, 2.05) is 6.07 Å². The third kappa shape index (κ3) is 1.97. The molecule has 0 unspecified atom stereocenters. The number of hydrogen-bond donors (Lipinski definition) is 1. The van der Waals surface area contributed by atoms with Crippen LogP contribution in [0.2, 0.25) is 0 Å². The van der Waals surface area contributed by atoms with Gasteiger partial charge in [-0.05, 0) is 36.6 Å². The Hall–Kier alpha value is -0.860. The van der Waals surface area contributed by atoms with Gasteiger partial charge >= 0.3 is 0 Å². The predicted molar refractivity (Wildman–Crippen MR) is 57.3 cm³/mol. The minimum Gasteiger partial charge on any atom is -0.392 e. The summed E-state index contributed by atoms with van der Waals surface area (Å²) in [5.41, 5.74) is 3.90. The molecule has 0 aliphatic carbocycles. The van der Waals surface area contributed by atoms with Gasteiger partial charge in [0.1, 0.15) is 0 Å². The third-order valence-electron chi connectivity index (χ3n) is 2.98. The van der Waals surface area contributed by atoms with E-state index in [2.05, 4.69) is 24.1 Å². The second-order valence-corrected chi connectivity index (χ2v) is 4.06. The van der Waals surface area contributed by atoms with E-state index in [-0.39, 0.29) is 6.61 Å². The summed E-state index contributed by atoms with van der Waals surface area (Å²) in [6.45, 7) is 2.43. The zero-order valence-electron chi connectivity index (χ0n) is 8.66. The van der Waals surface area contributed by atoms with E-state index < -0.39 is 0 Å². The van der Waals surface area contributed by atoms with Crippen LogP contribution >= 0.6 is 0 Å². The first-order valence-corrected chi connectivity index (χ1v) is 5.19. The first kappa shape index (κ1) is 9.69. The normalized spacial score (nSPS) is 17.6. The monoisotopic (exact) mass is 191 g/mol. The fraction of sp³-hybridized carbons (Fsp3) is 0.500. The molecule has 0 aromatic heterocycles. The Morgan fingerprint density at radius 1 is 1.21 bits per heavy atom. The Bertz CT molecular complexity index is 322. The highest BCUT2D eigenvalue weighted by Gasteiger charge is 2.10. The lowest BCUT2D eigenvalue weighted by Crippen LogP contribution is -2.20. The summed E-state index contributed by atoms with van der Waals surface area (Å²) in [5, 5.41) is 9.05. The van der Waals surface area contributed by atoms with E-state index in [4.69, 9.17) is 5.11 Å². The van der Waals surface area contributed by atoms with Gasteiger partial charge in [0.2, 0.25) is 0 Å². The fourth-order valence-electron chi connectivity index (χ4n) is 1.99. The van der Waals surface area contributed by atoms with Crippen LogP contribution < -0.4 is 0 Å². The summed E-state index contributed by atoms with van der Waals surface area (Å²) in [7, 11) is 2.17. The molecule has 14 heavy (non-hydrogen) atoms. The topological polar surface area (TPSA) is 23.5 Å². The van der Waals surface area contributed by atoms with Gasteiger partial charge in [0.25, 0.3) is 0 Å². The van der Waals surface area contributed by atoms with Crippen LogP contribution in [-0.2, 0) is 19.4 Å². The van der Waals surface area contributed by atoms with Crippen molar-refractivity contribution in [3.05, 3.63) is 34.9 Å². The van der Waals surface area contributed by atoms with Crippen LogP contribution in [0.1, 0.15) is 16.7 Å². The molecule has 1 aromatic carbocycles. The Labute approximate surface area is 85.2 Å². The summed E-state index contributed by atoms with van der Waals surface area (Å²) in [6.07, 6.45) is 2.25. The third-order valence-corrected chi connectivity index (χ3v) is 2.98. The van der Waals surface area contributed by atoms with Crippen molar-refractivity contribution in [2.24, 2.45) is 0 Å². The quantitative estimate of drug-likeness (QED) is 0.721. The van der Waals surface area contributed by atoms with Crippen LogP contribution in [0.25, 0.3) is 0 Å². The Morgan fingerprint density at radius 3 is 2.64 bits per heavy atom. The Kier molecular flexibility index (Phi) is 2.85. The highest BCUT2D eigenvalue weighted by molar-refractivity contribution is 5.33. The molecule has 76 valence electrons. The summed E-state index contributed by atoms with van der Waals surface area (Å²) in [6, 6.07) is 6.35. The minimum absolute atomic E-state index is 0.156. The van der Waals surface area contributed by atoms with Gasteiger partial charge in [-0.25, -0.2) is 0 Å². The van der Waals surface area contributed by atoms with Gasteiger partial charge in [-0.3, -0.25) is 0 Å². The smallest absolute Gasteiger partial charge is 0.0681 e. The van der Waals surface area contributed by atoms with E-state index in [0.717, 1.165) is 31.5 Å². The largest absolute Gasteiger partial charge is 0.392 e. The van der Waals surface area contributed by atoms with Crippen molar-refractivity contribution in [1.82, 2.24) is 4.90 Å². The lowest BCUT2D eigenvalue weighted by molar-refractivity contribution is 0.281. The van der Waals surface area contributed by atoms with Gasteiger partial charge in [-0.2, -0.15) is 0 Å². The van der Waals surface area contributed by atoms with Crippen molar-refractivity contribution >= 4 is 0 Å². The van der Waals surface area contributed by atoms with Crippen molar-refractivity contribution in [1.29, 1.82) is 0 Å². The number of nitrogens with zero attached hydrogens (tertiary/aromatic N) is 1. The second kappa shape index (κ2) is 4.11. The molecule has 2 rings (SSSR count). The number of benzene rings is 1. The van der Waals surface area contributed by atoms with E-state index in [1.165, 1.54) is 11.1 Å². The molecule has 0 spiro atoms. The highest BCUT2D eigenvalue weighted by atomic mass is 16.3. The number of rotatable bonds is 1. The zero-order valence-corrected chi connectivity index (χ0v) is 8.66. The Morgan fingerprint density at radius 2 is 1.93 bits per heavy atom. The summed E-state index contributed by atoms with van der Waals surface area (Å²) < 4.78 is 0. The highest BCUT2D eigenvalue weighted by Crippen LogP contribution is 2.17. The van der Waals surface area contributed by atoms with Crippen LogP contribution in [0.4, 0.5) is 0 Å². The van der Waals surface area contributed by atoms with E-state index in [9.17, 15) is 0 Å². The van der Waals surface area contributed by atoms with Gasteiger partial charge in [-0.1, -0.05) is 18.2 Å². The predicted octanol–water partition coefficient (Wildman–Crippen LogP) is 1.21. The maximum absolute atomic E-state index is 9.05. The first-order chi connectivity index (χ1) is 6.79. The molecule has 0 bridgehead atoms. The molecule has 0 saturated heterocycles. The van der Waals surface area contributed by atoms with Gasteiger partial charge < -0.3 is 10.0 Å². The van der Waals surface area contributed by atoms with Gasteiger partial charge in [0.15, 0.2) is 0 Å². The number of fused-ring (bicyclic) bond motifs is 1. The summed E-state index contributed by atoms with van der Waals surface area (Å²) in [4.78, 5) is 2.36. The van der Waals surface area contributed by atoms with Crippen LogP contribution in [-0.4, -0.2) is 30.1 Å². The van der Waals surface area contributed by atoms with Crippen molar-refractivity contribution in [3.63, 3.8) is 0 Å². The van der Waals surface area contributed by atoms with Crippen LogP contribution in [0, 0.1) is 0 Å². The van der Waals surface area contributed by atoms with Crippen molar-refractivity contribution in [2.75, 3.05) is 20.1 Å². The first-order valence-electron chi connectivity index (χ1n) is 5.19. The molecule has 2 heteroatoms. The number of aliphatic hydroxyl groups excluding tert-OH is 1. The molecule has 1 aliphatic heterocycles. The lowest BCUT2D eigenvalue weighted by atomic mass is 10.0. The molecular formula is C12H17NO. The molecule has 1 aromatic rings. The van der Waals surface area contributed by atoms with Gasteiger partial charge in [0.05, 0.1) is 6.61 Å². The molecule has 1 N–H and O–H groups in total. The Balaban J connectivity index is 2.27. The molecule has 0 atom stereocenters. The number of likely N-dealkylation sites (N-methyl/N-ethyl adjacent to an activating group) is 1. The minimum atomic E-state index is 0.156. The van der Waals surface area contributed by atoms with E-state index in [1.54, 1.807) is 0 Å². The summed E-state index contributed by atoms with van der Waals surface area (Å²) in [5.74, 6) is 0. The van der Waals surface area contributed by atoms with Gasteiger partial charge in [0, 0.05) is 13.1 Å². The van der Waals surface area contributed by atoms with E-state index >= 15 is 0 Å². The second-order valence-electron chi connectivity index (χ2n) is 4.06. The SMILES string of the molecule is CN1CCc2ccc(CO)cc2CC1. The molecular weight excluding hydrogens is 174 g/mol. The zero-order chi connectivity index (χ0) is 9.97. The number of hydrogen-bond acceptors (Lipinski definition) is 2. The van der Waals surface area contributed by atoms with Crippen LogP contribution in [0.5, 0.6) is 0 Å². The lowest BCUT2D eigenvalue weighted by Gasteiger charge is -2.10. The van der Waals surface area contributed by atoms with Crippen LogP contribution in [0.3, 0.4) is 0 Å². The van der Waals surface area contributed by atoms with Crippen LogP contribution in [0.15, 0.2) is 18.2 Å². The average molecular weight is 191 g/mol. The average Bonchev–Trinajstić information content (AvgIpc) is 2.40. The molecule has 0 amide bonds. The van der Waals surface area contributed by atoms with Gasteiger partial charge in [-0.15, -0.1) is 0 Å². The summed E-state index contributed by atoms with van der Waals surface area (Å²) >= 11 is 0. The molecule has 1 heterocycles. The number of aliphatic hydroxyl groups is 1. The van der Waals surface area contributed by atoms with Crippen molar-refractivity contribution in [2.45, 2.75) is 19.4 Å². The molecule has 0 radical (unpaired) electrons.